The highest BCUT2D eigenvalue weighted by Crippen LogP contribution is 2.32. The molecular formula is C26H34N4O4. The number of aryl methyl sites for hydroxylation is 2. The van der Waals surface area contributed by atoms with E-state index in [0.29, 0.717) is 30.0 Å². The number of anilines is 2. The van der Waals surface area contributed by atoms with Gasteiger partial charge < -0.3 is 25.3 Å². The fourth-order valence-electron chi connectivity index (χ4n) is 4.49. The van der Waals surface area contributed by atoms with Gasteiger partial charge in [0, 0.05) is 60.5 Å². The van der Waals surface area contributed by atoms with Gasteiger partial charge in [0.25, 0.3) is 11.5 Å². The van der Waals surface area contributed by atoms with Gasteiger partial charge in [-0.15, -0.1) is 0 Å². The van der Waals surface area contributed by atoms with Gasteiger partial charge in [0.2, 0.25) is 5.91 Å². The summed E-state index contributed by atoms with van der Waals surface area (Å²) in [5, 5.41) is 5.68. The third-order valence-corrected chi connectivity index (χ3v) is 6.28. The van der Waals surface area contributed by atoms with E-state index in [4.69, 9.17) is 4.74 Å². The minimum Gasteiger partial charge on any atom is -0.381 e. The van der Waals surface area contributed by atoms with E-state index < -0.39 is 0 Å². The van der Waals surface area contributed by atoms with Crippen LogP contribution in [0.3, 0.4) is 0 Å². The smallest absolute Gasteiger partial charge is 0.253 e. The lowest BCUT2D eigenvalue weighted by Gasteiger charge is -2.37. The van der Waals surface area contributed by atoms with Crippen LogP contribution in [0, 0.1) is 20.8 Å². The Bertz CT molecular complexity index is 1130. The van der Waals surface area contributed by atoms with Crippen molar-refractivity contribution in [1.82, 2.24) is 10.3 Å². The third-order valence-electron chi connectivity index (χ3n) is 6.28. The van der Waals surface area contributed by atoms with Crippen LogP contribution in [0.15, 0.2) is 35.6 Å². The molecule has 0 aliphatic carbocycles. The van der Waals surface area contributed by atoms with E-state index in [0.717, 1.165) is 41.9 Å². The van der Waals surface area contributed by atoms with Crippen LogP contribution >= 0.6 is 0 Å². The van der Waals surface area contributed by atoms with Crippen LogP contribution in [0.2, 0.25) is 0 Å². The molecule has 182 valence electrons. The average Bonchev–Trinajstić information content (AvgIpc) is 2.81. The number of carbonyl (C=O) groups excluding carboxylic acids is 2. The summed E-state index contributed by atoms with van der Waals surface area (Å²) < 4.78 is 5.53. The number of ether oxygens (including phenoxy) is 1. The van der Waals surface area contributed by atoms with Crippen molar-refractivity contribution in [2.24, 2.45) is 0 Å². The Labute approximate surface area is 200 Å². The molecule has 0 unspecified atom stereocenters. The second kappa shape index (κ2) is 11.2. The van der Waals surface area contributed by atoms with Crippen molar-refractivity contribution in [2.45, 2.75) is 53.1 Å². The van der Waals surface area contributed by atoms with Crippen LogP contribution in [0.25, 0.3) is 0 Å². The van der Waals surface area contributed by atoms with Crippen molar-refractivity contribution in [3.05, 3.63) is 69.2 Å². The van der Waals surface area contributed by atoms with Gasteiger partial charge in [-0.25, -0.2) is 0 Å². The fraction of sp³-hybridized carbons (Fsp3) is 0.423. The predicted molar refractivity (Wildman–Crippen MR) is 135 cm³/mol. The number of nitrogens with one attached hydrogen (secondary N) is 3. The third kappa shape index (κ3) is 5.75. The number of amides is 2. The number of hydrogen-bond donors (Lipinski definition) is 3. The van der Waals surface area contributed by atoms with Gasteiger partial charge in [0.1, 0.15) is 0 Å². The molecule has 0 saturated carbocycles. The minimum absolute atomic E-state index is 0.107. The topological polar surface area (TPSA) is 104 Å². The summed E-state index contributed by atoms with van der Waals surface area (Å²) in [5.41, 5.74) is 4.58. The summed E-state index contributed by atoms with van der Waals surface area (Å²) in [6.45, 7) is 13.4. The first-order valence-electron chi connectivity index (χ1n) is 11.6. The van der Waals surface area contributed by atoms with Gasteiger partial charge in [-0.1, -0.05) is 6.58 Å². The molecule has 3 rings (SSSR count). The number of nitrogens with zero attached hydrogens (tertiary/aromatic N) is 1. The Kier molecular flexibility index (Phi) is 8.28. The maximum atomic E-state index is 13.3. The maximum absolute atomic E-state index is 13.3. The van der Waals surface area contributed by atoms with Crippen LogP contribution < -0.4 is 21.1 Å². The van der Waals surface area contributed by atoms with Crippen LogP contribution in [-0.2, 0) is 16.1 Å². The van der Waals surface area contributed by atoms with Crippen molar-refractivity contribution in [2.75, 3.05) is 30.0 Å². The Balaban J connectivity index is 1.96. The van der Waals surface area contributed by atoms with E-state index in [1.807, 2.05) is 32.9 Å². The van der Waals surface area contributed by atoms with E-state index in [-0.39, 0.29) is 30.0 Å². The van der Waals surface area contributed by atoms with Crippen molar-refractivity contribution >= 4 is 23.2 Å². The van der Waals surface area contributed by atoms with Crippen LogP contribution in [-0.4, -0.2) is 42.6 Å². The lowest BCUT2D eigenvalue weighted by Crippen LogP contribution is -2.40. The standard InChI is InChI=1S/C26H34N4O4/c1-6-24(31)29-19-13-21(25(32)27-15-22-16(3)12-17(4)28-26(22)33)18(5)23(14-19)30(7-2)20-8-10-34-11-9-20/h6,12-14,20H,1,7-11,15H2,2-5H3,(H,27,32)(H,28,33)(H,29,31). The molecule has 34 heavy (non-hydrogen) atoms. The second-order valence-corrected chi connectivity index (χ2v) is 8.62. The summed E-state index contributed by atoms with van der Waals surface area (Å²) in [6.07, 6.45) is 2.99. The van der Waals surface area contributed by atoms with E-state index in [9.17, 15) is 14.4 Å². The lowest BCUT2D eigenvalue weighted by molar-refractivity contribution is -0.111. The average molecular weight is 467 g/mol. The molecule has 2 amide bonds. The monoisotopic (exact) mass is 466 g/mol. The van der Waals surface area contributed by atoms with Gasteiger partial charge in [0.05, 0.1) is 0 Å². The molecule has 1 saturated heterocycles. The van der Waals surface area contributed by atoms with Gasteiger partial charge >= 0.3 is 0 Å². The van der Waals surface area contributed by atoms with Crippen molar-refractivity contribution in [1.29, 1.82) is 0 Å². The first-order chi connectivity index (χ1) is 16.2. The summed E-state index contributed by atoms with van der Waals surface area (Å²) in [5.74, 6) is -0.659. The molecule has 0 radical (unpaired) electrons. The fourth-order valence-corrected chi connectivity index (χ4v) is 4.49. The highest BCUT2D eigenvalue weighted by atomic mass is 16.5. The van der Waals surface area contributed by atoms with Gasteiger partial charge in [0.15, 0.2) is 0 Å². The molecule has 8 heteroatoms. The number of aromatic amines is 1. The molecule has 8 nitrogen and oxygen atoms in total. The number of aromatic nitrogens is 1. The SMILES string of the molecule is C=CC(=O)Nc1cc(C(=O)NCc2c(C)cc(C)[nH]c2=O)c(C)c(N(CC)C2CCOCC2)c1. The summed E-state index contributed by atoms with van der Waals surface area (Å²) in [6, 6.07) is 5.73. The number of hydrogen-bond acceptors (Lipinski definition) is 5. The predicted octanol–water partition coefficient (Wildman–Crippen LogP) is 3.36. The largest absolute Gasteiger partial charge is 0.381 e. The molecule has 2 heterocycles. The van der Waals surface area contributed by atoms with E-state index in [1.54, 1.807) is 6.07 Å². The van der Waals surface area contributed by atoms with Gasteiger partial charge in [-0.3, -0.25) is 14.4 Å². The molecule has 1 fully saturated rings. The Morgan fingerprint density at radius 2 is 1.91 bits per heavy atom. The second-order valence-electron chi connectivity index (χ2n) is 8.62. The Morgan fingerprint density at radius 1 is 1.21 bits per heavy atom. The summed E-state index contributed by atoms with van der Waals surface area (Å²) in [4.78, 5) is 42.7. The zero-order valence-corrected chi connectivity index (χ0v) is 20.4. The first-order valence-corrected chi connectivity index (χ1v) is 11.6. The molecule has 0 atom stereocenters. The summed E-state index contributed by atoms with van der Waals surface area (Å²) in [7, 11) is 0. The Hall–Kier alpha value is -3.39. The number of benzene rings is 1. The van der Waals surface area contributed by atoms with Crippen molar-refractivity contribution in [3.8, 4) is 0 Å². The molecule has 1 aromatic heterocycles. The molecule has 1 aliphatic heterocycles. The maximum Gasteiger partial charge on any atom is 0.253 e. The van der Waals surface area contributed by atoms with Gasteiger partial charge in [-0.2, -0.15) is 0 Å². The highest BCUT2D eigenvalue weighted by Gasteiger charge is 2.25. The van der Waals surface area contributed by atoms with Crippen molar-refractivity contribution < 1.29 is 14.3 Å². The minimum atomic E-state index is -0.350. The van der Waals surface area contributed by atoms with E-state index >= 15 is 0 Å². The van der Waals surface area contributed by atoms with E-state index in [2.05, 4.69) is 34.0 Å². The molecule has 1 aromatic carbocycles. The number of carbonyl (C=O) groups is 2. The number of pyridine rings is 1. The molecule has 1 aliphatic rings. The van der Waals surface area contributed by atoms with Crippen LogP contribution in [0.4, 0.5) is 11.4 Å². The van der Waals surface area contributed by atoms with E-state index in [1.165, 1.54) is 6.08 Å². The van der Waals surface area contributed by atoms with Crippen molar-refractivity contribution in [3.63, 3.8) is 0 Å². The van der Waals surface area contributed by atoms with Crippen LogP contribution in [0.1, 0.15) is 52.5 Å². The molecule has 0 spiro atoms. The quantitative estimate of drug-likeness (QED) is 0.518. The molecule has 0 bridgehead atoms. The number of rotatable bonds is 8. The Morgan fingerprint density at radius 3 is 2.53 bits per heavy atom. The molecule has 2 aromatic rings. The highest BCUT2D eigenvalue weighted by molar-refractivity contribution is 6.02. The first kappa shape index (κ1) is 25.2. The summed E-state index contributed by atoms with van der Waals surface area (Å²) >= 11 is 0. The van der Waals surface area contributed by atoms with Crippen LogP contribution in [0.5, 0.6) is 0 Å². The van der Waals surface area contributed by atoms with Gasteiger partial charge in [-0.05, 0) is 75.9 Å². The number of H-pyrrole nitrogens is 1. The zero-order valence-electron chi connectivity index (χ0n) is 20.4. The lowest BCUT2D eigenvalue weighted by atomic mass is 10.00. The molecule has 3 N–H and O–H groups in total. The zero-order chi connectivity index (χ0) is 24.8. The molecular weight excluding hydrogens is 432 g/mol. The normalized spacial score (nSPS) is 13.9.